The summed E-state index contributed by atoms with van der Waals surface area (Å²) < 4.78 is 0. The monoisotopic (exact) mass is 309 g/mol. The molecule has 0 spiro atoms. The average Bonchev–Trinajstić information content (AvgIpc) is 2.76. The van der Waals surface area contributed by atoms with E-state index in [0.29, 0.717) is 10.7 Å². The van der Waals surface area contributed by atoms with Crippen LogP contribution < -0.4 is 0 Å². The summed E-state index contributed by atoms with van der Waals surface area (Å²) in [6.07, 6.45) is 1.50. The minimum atomic E-state index is -0.0767. The molecule has 1 atom stereocenters. The van der Waals surface area contributed by atoms with Crippen molar-refractivity contribution < 1.29 is 4.79 Å². The summed E-state index contributed by atoms with van der Waals surface area (Å²) in [4.78, 5) is 23.6. The van der Waals surface area contributed by atoms with Gasteiger partial charge in [-0.2, -0.15) is 0 Å². The molecule has 1 amide bonds. The van der Waals surface area contributed by atoms with Gasteiger partial charge in [-0.05, 0) is 32.9 Å². The van der Waals surface area contributed by atoms with E-state index in [2.05, 4.69) is 9.97 Å². The summed E-state index contributed by atoms with van der Waals surface area (Å²) in [7, 11) is 1.79. The molecule has 2 aromatic heterocycles. The lowest BCUT2D eigenvalue weighted by molar-refractivity contribution is 0.0744. The number of amides is 1. The summed E-state index contributed by atoms with van der Waals surface area (Å²) in [6.45, 7) is 5.94. The zero-order valence-corrected chi connectivity index (χ0v) is 13.4. The summed E-state index contributed by atoms with van der Waals surface area (Å²) in [6, 6.07) is 3.28. The summed E-state index contributed by atoms with van der Waals surface area (Å²) in [5, 5.41) is 1.39. The lowest BCUT2D eigenvalue weighted by Gasteiger charge is -2.24. The van der Waals surface area contributed by atoms with E-state index in [4.69, 9.17) is 11.6 Å². The van der Waals surface area contributed by atoms with Gasteiger partial charge in [0, 0.05) is 18.1 Å². The topological polar surface area (TPSA) is 46.1 Å². The molecule has 106 valence electrons. The van der Waals surface area contributed by atoms with Gasteiger partial charge in [0.15, 0.2) is 0 Å². The van der Waals surface area contributed by atoms with Crippen molar-refractivity contribution in [1.82, 2.24) is 14.9 Å². The van der Waals surface area contributed by atoms with Gasteiger partial charge >= 0.3 is 0 Å². The van der Waals surface area contributed by atoms with E-state index in [1.807, 2.05) is 20.8 Å². The van der Waals surface area contributed by atoms with Gasteiger partial charge in [0.05, 0.1) is 22.3 Å². The SMILES string of the molecule is Cc1nc(C)c(C(C)N(C)C(=O)c2ccc(Cl)nc2)s1. The molecule has 2 rings (SSSR count). The van der Waals surface area contributed by atoms with Crippen molar-refractivity contribution >= 4 is 28.8 Å². The number of hydrogen-bond acceptors (Lipinski definition) is 4. The number of nitrogens with zero attached hydrogens (tertiary/aromatic N) is 3. The predicted octanol–water partition coefficient (Wildman–Crippen LogP) is 3.64. The molecule has 4 nitrogen and oxygen atoms in total. The standard InChI is InChI=1S/C14H16ClN3OS/c1-8-13(20-10(3)17-8)9(2)18(4)14(19)11-5-6-12(15)16-7-11/h5-7,9H,1-4H3. The van der Waals surface area contributed by atoms with Crippen LogP contribution in [0.25, 0.3) is 0 Å². The van der Waals surface area contributed by atoms with Gasteiger partial charge < -0.3 is 4.90 Å². The number of thiazole rings is 1. The number of rotatable bonds is 3. The number of hydrogen-bond donors (Lipinski definition) is 0. The van der Waals surface area contributed by atoms with E-state index in [1.165, 1.54) is 6.20 Å². The Morgan fingerprint density at radius 1 is 1.40 bits per heavy atom. The molecule has 0 saturated heterocycles. The van der Waals surface area contributed by atoms with Crippen LogP contribution in [-0.4, -0.2) is 27.8 Å². The van der Waals surface area contributed by atoms with Crippen molar-refractivity contribution in [2.24, 2.45) is 0 Å². The highest BCUT2D eigenvalue weighted by Gasteiger charge is 2.22. The number of aromatic nitrogens is 2. The Kier molecular flexibility index (Phi) is 4.40. The van der Waals surface area contributed by atoms with E-state index in [9.17, 15) is 4.79 Å². The van der Waals surface area contributed by atoms with Gasteiger partial charge in [-0.15, -0.1) is 11.3 Å². The molecule has 2 heterocycles. The molecule has 20 heavy (non-hydrogen) atoms. The van der Waals surface area contributed by atoms with E-state index in [0.717, 1.165) is 15.6 Å². The second-order valence-corrected chi connectivity index (χ2v) is 6.27. The van der Waals surface area contributed by atoms with Gasteiger partial charge in [0.25, 0.3) is 5.91 Å². The van der Waals surface area contributed by atoms with Crippen LogP contribution in [0.1, 0.15) is 38.9 Å². The highest BCUT2D eigenvalue weighted by Crippen LogP contribution is 2.29. The molecule has 0 aliphatic heterocycles. The zero-order valence-electron chi connectivity index (χ0n) is 11.8. The highest BCUT2D eigenvalue weighted by atomic mass is 35.5. The summed E-state index contributed by atoms with van der Waals surface area (Å²) >= 11 is 7.36. The molecular weight excluding hydrogens is 294 g/mol. The molecule has 0 aliphatic rings. The van der Waals surface area contributed by atoms with Crippen molar-refractivity contribution in [3.05, 3.63) is 44.6 Å². The fraction of sp³-hybridized carbons (Fsp3) is 0.357. The maximum Gasteiger partial charge on any atom is 0.255 e. The Morgan fingerprint density at radius 3 is 2.60 bits per heavy atom. The van der Waals surface area contributed by atoms with Crippen LogP contribution in [0, 0.1) is 13.8 Å². The highest BCUT2D eigenvalue weighted by molar-refractivity contribution is 7.11. The molecule has 1 unspecified atom stereocenters. The third-order valence-electron chi connectivity index (χ3n) is 3.19. The fourth-order valence-corrected chi connectivity index (χ4v) is 3.13. The van der Waals surface area contributed by atoms with Crippen LogP contribution in [0.5, 0.6) is 0 Å². The minimum Gasteiger partial charge on any atom is -0.334 e. The number of aryl methyl sites for hydroxylation is 2. The first-order chi connectivity index (χ1) is 9.40. The van der Waals surface area contributed by atoms with E-state index < -0.39 is 0 Å². The lowest BCUT2D eigenvalue weighted by Crippen LogP contribution is -2.29. The second-order valence-electron chi connectivity index (χ2n) is 4.64. The molecule has 0 bridgehead atoms. The first-order valence-electron chi connectivity index (χ1n) is 6.22. The second kappa shape index (κ2) is 5.89. The Morgan fingerprint density at radius 2 is 2.10 bits per heavy atom. The minimum absolute atomic E-state index is 0.0237. The van der Waals surface area contributed by atoms with Crippen LogP contribution in [0.2, 0.25) is 5.15 Å². The van der Waals surface area contributed by atoms with Crippen molar-refractivity contribution in [1.29, 1.82) is 0 Å². The van der Waals surface area contributed by atoms with Gasteiger partial charge in [-0.1, -0.05) is 11.6 Å². The molecular formula is C14H16ClN3OS. The van der Waals surface area contributed by atoms with Crippen molar-refractivity contribution in [2.45, 2.75) is 26.8 Å². The Labute approximate surface area is 127 Å². The Balaban J connectivity index is 2.22. The summed E-state index contributed by atoms with van der Waals surface area (Å²) in [5.41, 5.74) is 1.51. The normalized spacial score (nSPS) is 12.2. The lowest BCUT2D eigenvalue weighted by atomic mass is 10.2. The number of pyridine rings is 1. The van der Waals surface area contributed by atoms with Gasteiger partial charge in [-0.25, -0.2) is 9.97 Å². The Bertz CT molecular complexity index is 624. The number of carbonyl (C=O) groups is 1. The number of halogens is 1. The maximum absolute atomic E-state index is 12.4. The molecule has 0 aromatic carbocycles. The van der Waals surface area contributed by atoms with Crippen molar-refractivity contribution in [2.75, 3.05) is 7.05 Å². The third-order valence-corrected chi connectivity index (χ3v) is 4.66. The zero-order chi connectivity index (χ0) is 14.9. The van der Waals surface area contributed by atoms with Crippen LogP contribution in [-0.2, 0) is 0 Å². The number of carbonyl (C=O) groups excluding carboxylic acids is 1. The smallest absolute Gasteiger partial charge is 0.255 e. The van der Waals surface area contributed by atoms with Crippen LogP contribution in [0.15, 0.2) is 18.3 Å². The molecule has 2 aromatic rings. The molecule has 0 saturated carbocycles. The van der Waals surface area contributed by atoms with Crippen LogP contribution in [0.3, 0.4) is 0 Å². The maximum atomic E-state index is 12.4. The molecule has 0 fully saturated rings. The van der Waals surface area contributed by atoms with E-state index >= 15 is 0 Å². The molecule has 0 aliphatic carbocycles. The van der Waals surface area contributed by atoms with Crippen molar-refractivity contribution in [3.63, 3.8) is 0 Å². The van der Waals surface area contributed by atoms with Crippen molar-refractivity contribution in [3.8, 4) is 0 Å². The quantitative estimate of drug-likeness (QED) is 0.813. The molecule has 0 radical (unpaired) electrons. The van der Waals surface area contributed by atoms with Gasteiger partial charge in [0.1, 0.15) is 5.15 Å². The first kappa shape index (κ1) is 14.9. The van der Waals surface area contributed by atoms with Gasteiger partial charge in [0.2, 0.25) is 0 Å². The molecule has 6 heteroatoms. The van der Waals surface area contributed by atoms with Crippen LogP contribution in [0.4, 0.5) is 0 Å². The van der Waals surface area contributed by atoms with E-state index in [-0.39, 0.29) is 11.9 Å². The average molecular weight is 310 g/mol. The van der Waals surface area contributed by atoms with E-state index in [1.54, 1.807) is 35.4 Å². The largest absolute Gasteiger partial charge is 0.334 e. The predicted molar refractivity (Wildman–Crippen MR) is 81.3 cm³/mol. The van der Waals surface area contributed by atoms with Crippen LogP contribution >= 0.6 is 22.9 Å². The first-order valence-corrected chi connectivity index (χ1v) is 7.42. The Hall–Kier alpha value is -1.46. The summed E-state index contributed by atoms with van der Waals surface area (Å²) in [5.74, 6) is -0.0767. The third kappa shape index (κ3) is 2.99. The molecule has 0 N–H and O–H groups in total. The van der Waals surface area contributed by atoms with Gasteiger partial charge in [-0.3, -0.25) is 4.79 Å². The fourth-order valence-electron chi connectivity index (χ4n) is 1.99.